The number of piperidine rings is 1. The molecule has 0 aliphatic carbocycles. The molecule has 0 radical (unpaired) electrons. The fourth-order valence-corrected chi connectivity index (χ4v) is 3.47. The lowest BCUT2D eigenvalue weighted by atomic mass is 9.89. The Morgan fingerprint density at radius 1 is 0.905 bits per heavy atom. The van der Waals surface area contributed by atoms with Crippen molar-refractivity contribution in [1.82, 2.24) is 4.90 Å². The van der Waals surface area contributed by atoms with E-state index in [0.29, 0.717) is 5.92 Å². The van der Waals surface area contributed by atoms with Crippen LogP contribution in [0.3, 0.4) is 0 Å². The molecule has 0 saturated carbocycles. The van der Waals surface area contributed by atoms with E-state index in [0.717, 1.165) is 29.7 Å². The van der Waals surface area contributed by atoms with Gasteiger partial charge in [-0.25, -0.2) is 0 Å². The molecule has 0 amide bonds. The second-order valence-corrected chi connectivity index (χ2v) is 6.54. The van der Waals surface area contributed by atoms with Gasteiger partial charge in [0.25, 0.3) is 0 Å². The molecule has 1 nitrogen and oxygen atoms in total. The highest BCUT2D eigenvalue weighted by Gasteiger charge is 2.21. The molecular formula is C18H19Cl2N. The Balaban J connectivity index is 1.58. The summed E-state index contributed by atoms with van der Waals surface area (Å²) in [5.74, 6) is 0.597. The molecule has 3 rings (SSSR count). The summed E-state index contributed by atoms with van der Waals surface area (Å²) in [5, 5.41) is 1.71. The summed E-state index contributed by atoms with van der Waals surface area (Å²) in [6.45, 7) is 3.25. The number of nitrogens with zero attached hydrogens (tertiary/aromatic N) is 1. The maximum atomic E-state index is 6.31. The number of halogens is 2. The molecule has 1 heterocycles. The minimum atomic E-state index is 0.597. The third-order valence-electron chi connectivity index (χ3n) is 4.25. The number of hydrogen-bond acceptors (Lipinski definition) is 1. The van der Waals surface area contributed by atoms with Crippen molar-refractivity contribution in [1.29, 1.82) is 0 Å². The van der Waals surface area contributed by atoms with Crippen molar-refractivity contribution in [2.24, 2.45) is 0 Å². The number of benzene rings is 2. The lowest BCUT2D eigenvalue weighted by Crippen LogP contribution is -2.32. The minimum absolute atomic E-state index is 0.597. The zero-order chi connectivity index (χ0) is 14.7. The van der Waals surface area contributed by atoms with E-state index in [1.165, 1.54) is 24.0 Å². The molecule has 0 spiro atoms. The summed E-state index contributed by atoms with van der Waals surface area (Å²) in [5.41, 5.74) is 2.64. The minimum Gasteiger partial charge on any atom is -0.299 e. The van der Waals surface area contributed by atoms with E-state index >= 15 is 0 Å². The van der Waals surface area contributed by atoms with Gasteiger partial charge in [0.1, 0.15) is 0 Å². The van der Waals surface area contributed by atoms with E-state index < -0.39 is 0 Å². The van der Waals surface area contributed by atoms with Crippen LogP contribution in [-0.2, 0) is 6.54 Å². The van der Waals surface area contributed by atoms with Crippen molar-refractivity contribution >= 4 is 23.2 Å². The smallest absolute Gasteiger partial charge is 0.0440 e. The highest BCUT2D eigenvalue weighted by Crippen LogP contribution is 2.32. The predicted molar refractivity (Wildman–Crippen MR) is 90.2 cm³/mol. The lowest BCUT2D eigenvalue weighted by Gasteiger charge is -2.32. The van der Waals surface area contributed by atoms with E-state index in [-0.39, 0.29) is 0 Å². The molecule has 2 aromatic carbocycles. The molecule has 21 heavy (non-hydrogen) atoms. The Bertz CT molecular complexity index is 586. The highest BCUT2D eigenvalue weighted by molar-refractivity contribution is 6.31. The Morgan fingerprint density at radius 3 is 2.24 bits per heavy atom. The molecule has 110 valence electrons. The number of hydrogen-bond donors (Lipinski definition) is 0. The predicted octanol–water partition coefficient (Wildman–Crippen LogP) is 5.37. The van der Waals surface area contributed by atoms with Crippen LogP contribution < -0.4 is 0 Å². The molecule has 0 atom stereocenters. The first-order chi connectivity index (χ1) is 10.2. The van der Waals surface area contributed by atoms with Gasteiger partial charge in [0.2, 0.25) is 0 Å². The van der Waals surface area contributed by atoms with Gasteiger partial charge in [-0.1, -0.05) is 53.5 Å². The summed E-state index contributed by atoms with van der Waals surface area (Å²) >= 11 is 12.2. The number of rotatable bonds is 3. The van der Waals surface area contributed by atoms with Crippen LogP contribution in [0.4, 0.5) is 0 Å². The molecular weight excluding hydrogens is 301 g/mol. The average Bonchev–Trinajstić information content (AvgIpc) is 2.51. The van der Waals surface area contributed by atoms with E-state index in [1.807, 2.05) is 24.3 Å². The Morgan fingerprint density at radius 2 is 1.57 bits per heavy atom. The van der Waals surface area contributed by atoms with Gasteiger partial charge in [-0.2, -0.15) is 0 Å². The molecule has 1 aliphatic heterocycles. The summed E-state index contributed by atoms with van der Waals surface area (Å²) < 4.78 is 0. The summed E-state index contributed by atoms with van der Waals surface area (Å²) in [6.07, 6.45) is 2.36. The van der Waals surface area contributed by atoms with Crippen LogP contribution >= 0.6 is 23.2 Å². The quantitative estimate of drug-likeness (QED) is 0.734. The molecule has 0 N–H and O–H groups in total. The van der Waals surface area contributed by atoms with Crippen LogP contribution in [0.5, 0.6) is 0 Å². The molecule has 0 unspecified atom stereocenters. The summed E-state index contributed by atoms with van der Waals surface area (Å²) in [4.78, 5) is 2.51. The summed E-state index contributed by atoms with van der Waals surface area (Å²) in [6, 6.07) is 16.4. The zero-order valence-electron chi connectivity index (χ0n) is 11.9. The van der Waals surface area contributed by atoms with E-state index in [1.54, 1.807) is 0 Å². The Hall–Kier alpha value is -1.02. The van der Waals surface area contributed by atoms with Gasteiger partial charge in [-0.15, -0.1) is 0 Å². The second kappa shape index (κ2) is 6.83. The van der Waals surface area contributed by atoms with Crippen molar-refractivity contribution in [3.05, 3.63) is 69.7 Å². The maximum Gasteiger partial charge on any atom is 0.0440 e. The third-order valence-corrected chi connectivity index (χ3v) is 4.85. The Labute approximate surface area is 136 Å². The lowest BCUT2D eigenvalue weighted by molar-refractivity contribution is 0.204. The molecule has 0 bridgehead atoms. The van der Waals surface area contributed by atoms with Gasteiger partial charge in [0, 0.05) is 16.6 Å². The largest absolute Gasteiger partial charge is 0.299 e. The first-order valence-electron chi connectivity index (χ1n) is 7.43. The summed E-state index contributed by atoms with van der Waals surface area (Å²) in [7, 11) is 0. The van der Waals surface area contributed by atoms with E-state index in [9.17, 15) is 0 Å². The van der Waals surface area contributed by atoms with Crippen molar-refractivity contribution < 1.29 is 0 Å². The molecule has 1 aliphatic rings. The van der Waals surface area contributed by atoms with Crippen LogP contribution in [0.2, 0.25) is 10.0 Å². The van der Waals surface area contributed by atoms with Crippen molar-refractivity contribution in [2.45, 2.75) is 25.3 Å². The average molecular weight is 320 g/mol. The third kappa shape index (κ3) is 3.79. The maximum absolute atomic E-state index is 6.31. The fourth-order valence-electron chi connectivity index (χ4n) is 3.06. The monoisotopic (exact) mass is 319 g/mol. The van der Waals surface area contributed by atoms with Gasteiger partial charge in [0.05, 0.1) is 0 Å². The first kappa shape index (κ1) is 14.9. The van der Waals surface area contributed by atoms with Gasteiger partial charge >= 0.3 is 0 Å². The molecule has 2 aromatic rings. The normalized spacial score (nSPS) is 17.0. The van der Waals surface area contributed by atoms with Crippen molar-refractivity contribution in [2.75, 3.05) is 13.1 Å². The first-order valence-corrected chi connectivity index (χ1v) is 8.19. The highest BCUT2D eigenvalue weighted by atomic mass is 35.5. The van der Waals surface area contributed by atoms with Crippen LogP contribution in [0.15, 0.2) is 48.5 Å². The number of likely N-dealkylation sites (tertiary alicyclic amines) is 1. The van der Waals surface area contributed by atoms with Crippen LogP contribution in [0.1, 0.15) is 29.9 Å². The second-order valence-electron chi connectivity index (χ2n) is 5.70. The topological polar surface area (TPSA) is 3.24 Å². The molecule has 3 heteroatoms. The molecule has 0 aromatic heterocycles. The standard InChI is InChI=1S/C18H19Cl2N/c19-16-7-5-14(6-8-16)13-21-11-9-15(10-12-21)17-3-1-2-4-18(17)20/h1-8,15H,9-13H2. The zero-order valence-corrected chi connectivity index (χ0v) is 13.4. The van der Waals surface area contributed by atoms with Gasteiger partial charge in [-0.3, -0.25) is 4.90 Å². The van der Waals surface area contributed by atoms with Gasteiger partial charge in [0.15, 0.2) is 0 Å². The molecule has 1 fully saturated rings. The van der Waals surface area contributed by atoms with Crippen LogP contribution in [0, 0.1) is 0 Å². The van der Waals surface area contributed by atoms with Crippen molar-refractivity contribution in [3.63, 3.8) is 0 Å². The van der Waals surface area contributed by atoms with Gasteiger partial charge < -0.3 is 0 Å². The van der Waals surface area contributed by atoms with E-state index in [4.69, 9.17) is 23.2 Å². The van der Waals surface area contributed by atoms with E-state index in [2.05, 4.69) is 29.2 Å². The van der Waals surface area contributed by atoms with Crippen LogP contribution in [-0.4, -0.2) is 18.0 Å². The SMILES string of the molecule is Clc1ccc(CN2CCC(c3ccccc3Cl)CC2)cc1. The van der Waals surface area contributed by atoms with Crippen LogP contribution in [0.25, 0.3) is 0 Å². The van der Waals surface area contributed by atoms with Gasteiger partial charge in [-0.05, 0) is 61.2 Å². The Kier molecular flexibility index (Phi) is 4.84. The van der Waals surface area contributed by atoms with Crippen molar-refractivity contribution in [3.8, 4) is 0 Å². The fraction of sp³-hybridized carbons (Fsp3) is 0.333. The molecule has 1 saturated heterocycles.